The van der Waals surface area contributed by atoms with E-state index in [-0.39, 0.29) is 12.6 Å². The molecule has 1 atom stereocenters. The van der Waals surface area contributed by atoms with Gasteiger partial charge in [-0.05, 0) is 0 Å². The average Bonchev–Trinajstić information content (AvgIpc) is 1.98. The molecule has 1 fully saturated rings. The maximum absolute atomic E-state index is 12.5. The van der Waals surface area contributed by atoms with E-state index >= 15 is 0 Å². The van der Waals surface area contributed by atoms with E-state index in [4.69, 9.17) is 0 Å². The van der Waals surface area contributed by atoms with Gasteiger partial charge in [0.25, 0.3) is 0 Å². The summed E-state index contributed by atoms with van der Waals surface area (Å²) in [7, 11) is 3.04. The van der Waals surface area contributed by atoms with Crippen LogP contribution in [-0.4, -0.2) is 42.8 Å². The number of hydrogen-bond donors (Lipinski definition) is 0. The van der Waals surface area contributed by atoms with Crippen LogP contribution in [0.5, 0.6) is 0 Å². The number of alkyl halides is 1. The smallest absolute Gasteiger partial charge is 0.321 e. The monoisotopic (exact) mass is 132 g/mol. The maximum atomic E-state index is 12.5. The number of amides is 2. The predicted octanol–water partition coefficient (Wildman–Crippen LogP) is 0.279. The van der Waals surface area contributed by atoms with Gasteiger partial charge in [0.15, 0.2) is 6.30 Å². The van der Waals surface area contributed by atoms with Gasteiger partial charge in [-0.15, -0.1) is 0 Å². The molecule has 2 amide bonds. The fourth-order valence-electron chi connectivity index (χ4n) is 0.816. The number of urea groups is 1. The highest BCUT2D eigenvalue weighted by Crippen LogP contribution is 2.11. The number of likely N-dealkylation sites (N-methyl/N-ethyl adjacent to an activating group) is 2. The van der Waals surface area contributed by atoms with Gasteiger partial charge in [0.2, 0.25) is 0 Å². The van der Waals surface area contributed by atoms with Crippen molar-refractivity contribution in [3.8, 4) is 0 Å². The summed E-state index contributed by atoms with van der Waals surface area (Å²) in [5.74, 6) is 0. The number of carbonyl (C=O) groups is 1. The van der Waals surface area contributed by atoms with Crippen LogP contribution in [0, 0.1) is 0 Å². The molecule has 0 aromatic carbocycles. The Kier molecular flexibility index (Phi) is 1.31. The lowest BCUT2D eigenvalue weighted by Gasteiger charge is -2.08. The molecule has 0 N–H and O–H groups in total. The van der Waals surface area contributed by atoms with Gasteiger partial charge in [-0.2, -0.15) is 0 Å². The highest BCUT2D eigenvalue weighted by atomic mass is 19.1. The second-order valence-corrected chi connectivity index (χ2v) is 2.21. The number of nitrogens with zero attached hydrogens (tertiary/aromatic N) is 2. The third-order valence-corrected chi connectivity index (χ3v) is 1.47. The summed E-state index contributed by atoms with van der Waals surface area (Å²) >= 11 is 0. The van der Waals surface area contributed by atoms with Crippen molar-refractivity contribution in [2.24, 2.45) is 0 Å². The molecule has 52 valence electrons. The van der Waals surface area contributed by atoms with Gasteiger partial charge in [0.05, 0.1) is 6.54 Å². The number of halogens is 1. The van der Waals surface area contributed by atoms with E-state index in [0.29, 0.717) is 0 Å². The lowest BCUT2D eigenvalue weighted by atomic mass is 10.6. The Labute approximate surface area is 53.0 Å². The van der Waals surface area contributed by atoms with Crippen molar-refractivity contribution in [1.29, 1.82) is 0 Å². The van der Waals surface area contributed by atoms with Crippen LogP contribution >= 0.6 is 0 Å². The molecule has 0 spiro atoms. The molecule has 0 saturated carbocycles. The maximum Gasteiger partial charge on any atom is 0.321 e. The van der Waals surface area contributed by atoms with E-state index in [1.807, 2.05) is 0 Å². The summed E-state index contributed by atoms with van der Waals surface area (Å²) in [6.45, 7) is 0.190. The zero-order valence-electron chi connectivity index (χ0n) is 5.47. The molecule has 0 radical (unpaired) electrons. The lowest BCUT2D eigenvalue weighted by Crippen LogP contribution is -2.27. The van der Waals surface area contributed by atoms with Crippen LogP contribution in [0.1, 0.15) is 0 Å². The van der Waals surface area contributed by atoms with E-state index in [1.165, 1.54) is 11.9 Å². The van der Waals surface area contributed by atoms with Gasteiger partial charge in [0, 0.05) is 14.1 Å². The molecule has 0 aromatic rings. The molecule has 1 unspecified atom stereocenters. The lowest BCUT2D eigenvalue weighted by molar-refractivity contribution is 0.168. The minimum absolute atomic E-state index is 0.190. The van der Waals surface area contributed by atoms with Crippen molar-refractivity contribution in [2.75, 3.05) is 20.6 Å². The van der Waals surface area contributed by atoms with Gasteiger partial charge in [-0.25, -0.2) is 9.18 Å². The minimum Gasteiger partial charge on any atom is -0.323 e. The first kappa shape index (κ1) is 6.32. The fraction of sp³-hybridized carbons (Fsp3) is 0.800. The Morgan fingerprint density at radius 2 is 2.22 bits per heavy atom. The molecule has 9 heavy (non-hydrogen) atoms. The summed E-state index contributed by atoms with van der Waals surface area (Å²) in [5, 5.41) is 0. The summed E-state index contributed by atoms with van der Waals surface area (Å²) in [5.41, 5.74) is 0. The first-order chi connectivity index (χ1) is 4.13. The van der Waals surface area contributed by atoms with E-state index in [9.17, 15) is 9.18 Å². The summed E-state index contributed by atoms with van der Waals surface area (Å²) in [6.07, 6.45) is -1.12. The van der Waals surface area contributed by atoms with Gasteiger partial charge < -0.3 is 4.90 Å². The van der Waals surface area contributed by atoms with Gasteiger partial charge in [0.1, 0.15) is 0 Å². The zero-order valence-corrected chi connectivity index (χ0v) is 5.47. The van der Waals surface area contributed by atoms with Crippen LogP contribution in [0.25, 0.3) is 0 Å². The van der Waals surface area contributed by atoms with Crippen molar-refractivity contribution in [3.05, 3.63) is 0 Å². The highest BCUT2D eigenvalue weighted by Gasteiger charge is 2.31. The molecule has 0 aliphatic carbocycles. The zero-order chi connectivity index (χ0) is 7.02. The Balaban J connectivity index is 2.65. The molecule has 1 rings (SSSR count). The molecule has 1 aliphatic heterocycles. The summed E-state index contributed by atoms with van der Waals surface area (Å²) in [4.78, 5) is 13.2. The van der Waals surface area contributed by atoms with Crippen LogP contribution in [0.3, 0.4) is 0 Å². The predicted molar refractivity (Wildman–Crippen MR) is 30.7 cm³/mol. The Bertz CT molecular complexity index is 139. The van der Waals surface area contributed by atoms with E-state index in [2.05, 4.69) is 0 Å². The van der Waals surface area contributed by atoms with E-state index in [0.717, 1.165) is 4.90 Å². The fourth-order valence-corrected chi connectivity index (χ4v) is 0.816. The van der Waals surface area contributed by atoms with Crippen LogP contribution in [0.2, 0.25) is 0 Å². The van der Waals surface area contributed by atoms with Crippen LogP contribution in [0.4, 0.5) is 9.18 Å². The number of hydrogen-bond acceptors (Lipinski definition) is 1. The van der Waals surface area contributed by atoms with Crippen molar-refractivity contribution in [1.82, 2.24) is 9.80 Å². The first-order valence-corrected chi connectivity index (χ1v) is 2.75. The van der Waals surface area contributed by atoms with Crippen LogP contribution in [0.15, 0.2) is 0 Å². The number of rotatable bonds is 0. The molecule has 0 aromatic heterocycles. The first-order valence-electron chi connectivity index (χ1n) is 2.75. The quantitative estimate of drug-likeness (QED) is 0.434. The van der Waals surface area contributed by atoms with Crippen molar-refractivity contribution >= 4 is 6.03 Å². The third kappa shape index (κ3) is 0.843. The summed E-state index contributed by atoms with van der Waals surface area (Å²) in [6, 6.07) is -0.248. The molecular formula is C5H9FN2O. The van der Waals surface area contributed by atoms with E-state index < -0.39 is 6.30 Å². The molecule has 1 aliphatic rings. The molecule has 1 saturated heterocycles. The molecular weight excluding hydrogens is 123 g/mol. The van der Waals surface area contributed by atoms with Gasteiger partial charge >= 0.3 is 6.03 Å². The molecule has 1 heterocycles. The third-order valence-electron chi connectivity index (χ3n) is 1.47. The second-order valence-electron chi connectivity index (χ2n) is 2.21. The molecule has 3 nitrogen and oxygen atoms in total. The average molecular weight is 132 g/mol. The van der Waals surface area contributed by atoms with Gasteiger partial charge in [-0.1, -0.05) is 0 Å². The largest absolute Gasteiger partial charge is 0.323 e. The van der Waals surface area contributed by atoms with Crippen molar-refractivity contribution in [3.63, 3.8) is 0 Å². The second kappa shape index (κ2) is 1.86. The molecule has 4 heteroatoms. The number of carbonyl (C=O) groups excluding carboxylic acids is 1. The van der Waals surface area contributed by atoms with E-state index in [1.54, 1.807) is 7.05 Å². The Morgan fingerprint density at radius 3 is 2.33 bits per heavy atom. The Hall–Kier alpha value is -0.800. The van der Waals surface area contributed by atoms with Crippen molar-refractivity contribution < 1.29 is 9.18 Å². The van der Waals surface area contributed by atoms with Crippen LogP contribution in [-0.2, 0) is 0 Å². The van der Waals surface area contributed by atoms with Crippen molar-refractivity contribution in [2.45, 2.75) is 6.30 Å². The highest BCUT2D eigenvalue weighted by molar-refractivity contribution is 5.76. The standard InChI is InChI=1S/C5H9FN2O/c1-7-3-4(6)8(2)5(7)9/h4H,3H2,1-2H3. The van der Waals surface area contributed by atoms with Crippen LogP contribution < -0.4 is 0 Å². The topological polar surface area (TPSA) is 23.6 Å². The SMILES string of the molecule is CN1CC(F)N(C)C1=O. The molecule has 0 bridgehead atoms. The minimum atomic E-state index is -1.12. The Morgan fingerprint density at radius 1 is 1.67 bits per heavy atom. The summed E-state index contributed by atoms with van der Waals surface area (Å²) < 4.78 is 12.5. The normalized spacial score (nSPS) is 27.9. The van der Waals surface area contributed by atoms with Gasteiger partial charge in [-0.3, -0.25) is 4.90 Å².